The Morgan fingerprint density at radius 1 is 0.708 bits per heavy atom. The van der Waals surface area contributed by atoms with E-state index < -0.39 is 46.5 Å². The van der Waals surface area contributed by atoms with Crippen LogP contribution in [0.2, 0.25) is 0 Å². The fourth-order valence-electron chi connectivity index (χ4n) is 1.75. The molecule has 2 aromatic rings. The minimum Gasteiger partial charge on any atom is -0.304 e. The summed E-state index contributed by atoms with van der Waals surface area (Å²) in [6, 6.07) is 3.09. The van der Waals surface area contributed by atoms with E-state index in [0.717, 1.165) is 0 Å². The van der Waals surface area contributed by atoms with E-state index in [9.17, 15) is 39.5 Å². The quantitative estimate of drug-likeness (QED) is 0.477. The molecule has 0 amide bonds. The molecule has 0 fully saturated rings. The number of hydrogen-bond donors (Lipinski definition) is 0. The zero-order valence-corrected chi connectivity index (χ0v) is 11.2. The van der Waals surface area contributed by atoms with E-state index in [-0.39, 0.29) is 6.07 Å². The van der Waals surface area contributed by atoms with Crippen molar-refractivity contribution in [3.63, 3.8) is 0 Å². The smallest absolute Gasteiger partial charge is 0.304 e. The van der Waals surface area contributed by atoms with Gasteiger partial charge in [0.05, 0.1) is 5.56 Å². The van der Waals surface area contributed by atoms with Crippen LogP contribution in [0.5, 0.6) is 0 Å². The average Bonchev–Trinajstić information content (AvgIpc) is 2.44. The molecule has 1 nitrogen and oxygen atoms in total. The average molecular weight is 358 g/mol. The van der Waals surface area contributed by atoms with Gasteiger partial charge in [-0.1, -0.05) is 12.1 Å². The van der Waals surface area contributed by atoms with Crippen molar-refractivity contribution in [1.29, 1.82) is 0 Å². The summed E-state index contributed by atoms with van der Waals surface area (Å²) in [7, 11) is 0. The summed E-state index contributed by atoms with van der Waals surface area (Å²) in [6.45, 7) is 0. The molecule has 1 aromatic carbocycles. The largest absolute Gasteiger partial charge is 0.417 e. The Morgan fingerprint density at radius 3 is 1.71 bits per heavy atom. The first-order valence-corrected chi connectivity index (χ1v) is 6.04. The summed E-state index contributed by atoms with van der Waals surface area (Å²) in [6.07, 6.45) is -14.6. The summed E-state index contributed by atoms with van der Waals surface area (Å²) < 4.78 is 114. The first-order chi connectivity index (χ1) is 10.8. The minimum absolute atomic E-state index is 0.131. The Morgan fingerprint density at radius 2 is 1.29 bits per heavy atom. The van der Waals surface area contributed by atoms with Crippen molar-refractivity contribution in [1.82, 2.24) is 4.98 Å². The van der Waals surface area contributed by atoms with Crippen molar-refractivity contribution in [2.45, 2.75) is 18.5 Å². The predicted octanol–water partition coefficient (Wildman–Crippen LogP) is 5.61. The predicted molar refractivity (Wildman–Crippen MR) is 63.5 cm³/mol. The van der Waals surface area contributed by atoms with Gasteiger partial charge in [0, 0.05) is 6.20 Å². The van der Waals surface area contributed by atoms with Crippen LogP contribution in [0.1, 0.15) is 16.7 Å². The van der Waals surface area contributed by atoms with Crippen LogP contribution in [0, 0.1) is 6.07 Å². The second-order valence-corrected chi connectivity index (χ2v) is 4.62. The van der Waals surface area contributed by atoms with E-state index >= 15 is 0 Å². The lowest BCUT2D eigenvalue weighted by molar-refractivity contribution is -0.143. The normalized spacial score (nSPS) is 13.2. The van der Waals surface area contributed by atoms with Crippen LogP contribution < -0.4 is 0 Å². The monoisotopic (exact) mass is 358 g/mol. The number of alkyl halides is 9. The van der Waals surface area contributed by atoms with Gasteiger partial charge in [0.2, 0.25) is 0 Å². The fourth-order valence-corrected chi connectivity index (χ4v) is 1.75. The molecule has 0 spiro atoms. The molecule has 0 bridgehead atoms. The van der Waals surface area contributed by atoms with Crippen LogP contribution in [-0.4, -0.2) is 4.98 Å². The van der Waals surface area contributed by atoms with E-state index in [1.165, 1.54) is 0 Å². The van der Waals surface area contributed by atoms with Crippen LogP contribution >= 0.6 is 0 Å². The molecule has 0 aliphatic rings. The Hall–Kier alpha value is -2.26. The molecule has 0 aliphatic heterocycles. The van der Waals surface area contributed by atoms with Crippen molar-refractivity contribution < 1.29 is 39.5 Å². The molecular weight excluding hydrogens is 353 g/mol. The third-order valence-corrected chi connectivity index (χ3v) is 2.87. The molecule has 2 rings (SSSR count). The number of aromatic nitrogens is 1. The van der Waals surface area contributed by atoms with Gasteiger partial charge in [-0.2, -0.15) is 39.5 Å². The summed E-state index contributed by atoms with van der Waals surface area (Å²) >= 11 is 0. The van der Waals surface area contributed by atoms with Crippen LogP contribution in [-0.2, 0) is 18.5 Å². The molecule has 0 aliphatic carbocycles. The van der Waals surface area contributed by atoms with Gasteiger partial charge < -0.3 is 4.98 Å². The lowest BCUT2D eigenvalue weighted by Crippen LogP contribution is -2.11. The maximum absolute atomic E-state index is 12.7. The van der Waals surface area contributed by atoms with Crippen molar-refractivity contribution in [2.24, 2.45) is 0 Å². The standard InChI is InChI=1S/C14H5F9N/c15-12(16,17)8-1-2-11(24-6-8)7-3-9(13(18,19)20)5-10(4-7)14(21,22)23/h1-3,5-6H/q-1. The van der Waals surface area contributed by atoms with Crippen molar-refractivity contribution in [3.05, 3.63) is 53.2 Å². The molecule has 1 aromatic heterocycles. The summed E-state index contributed by atoms with van der Waals surface area (Å²) in [5, 5.41) is 0. The summed E-state index contributed by atoms with van der Waals surface area (Å²) in [5.41, 5.74) is -5.71. The van der Waals surface area contributed by atoms with E-state index in [2.05, 4.69) is 4.98 Å². The van der Waals surface area contributed by atoms with Gasteiger partial charge >= 0.3 is 18.5 Å². The van der Waals surface area contributed by atoms with Crippen LogP contribution in [0.15, 0.2) is 30.5 Å². The Balaban J connectivity index is 2.57. The number of nitrogens with zero attached hydrogens (tertiary/aromatic N) is 1. The number of benzene rings is 1. The lowest BCUT2D eigenvalue weighted by Gasteiger charge is -2.20. The Bertz CT molecular complexity index is 692. The zero-order chi connectivity index (χ0) is 18.3. The summed E-state index contributed by atoms with van der Waals surface area (Å²) in [5.74, 6) is 0. The maximum Gasteiger partial charge on any atom is 0.417 e. The molecule has 1 heterocycles. The van der Waals surface area contributed by atoms with Gasteiger partial charge in [-0.25, -0.2) is 0 Å². The number of pyridine rings is 1. The highest BCUT2D eigenvalue weighted by atomic mass is 19.4. The fraction of sp³-hybridized carbons (Fsp3) is 0.214. The maximum atomic E-state index is 12.7. The van der Waals surface area contributed by atoms with Crippen LogP contribution in [0.4, 0.5) is 39.5 Å². The SMILES string of the molecule is FC(F)(F)c1[c-]c(-c2ccc(C(F)(F)F)cn2)cc(C(F)(F)F)c1. The van der Waals surface area contributed by atoms with Gasteiger partial charge in [-0.15, -0.1) is 23.8 Å². The van der Waals surface area contributed by atoms with E-state index in [4.69, 9.17) is 0 Å². The van der Waals surface area contributed by atoms with Crippen LogP contribution in [0.3, 0.4) is 0 Å². The van der Waals surface area contributed by atoms with Gasteiger partial charge in [0.1, 0.15) is 0 Å². The molecule has 0 N–H and O–H groups in total. The molecule has 0 saturated carbocycles. The molecule has 130 valence electrons. The third kappa shape index (κ3) is 3.98. The van der Waals surface area contributed by atoms with Crippen LogP contribution in [0.25, 0.3) is 11.3 Å². The highest BCUT2D eigenvalue weighted by Gasteiger charge is 2.33. The molecule has 0 radical (unpaired) electrons. The molecule has 10 heteroatoms. The second kappa shape index (κ2) is 5.67. The molecular formula is C14H5F9N-. The first kappa shape index (κ1) is 18.1. The molecule has 0 unspecified atom stereocenters. The van der Waals surface area contributed by atoms with Crippen molar-refractivity contribution in [3.8, 4) is 11.3 Å². The number of hydrogen-bond acceptors (Lipinski definition) is 1. The molecule has 0 atom stereocenters. The third-order valence-electron chi connectivity index (χ3n) is 2.87. The first-order valence-electron chi connectivity index (χ1n) is 6.04. The van der Waals surface area contributed by atoms with Gasteiger partial charge in [-0.3, -0.25) is 0 Å². The van der Waals surface area contributed by atoms with Gasteiger partial charge in [-0.05, 0) is 16.8 Å². The zero-order valence-electron chi connectivity index (χ0n) is 11.2. The Kier molecular flexibility index (Phi) is 4.28. The highest BCUT2D eigenvalue weighted by molar-refractivity contribution is 5.61. The van der Waals surface area contributed by atoms with Gasteiger partial charge in [0.25, 0.3) is 0 Å². The molecule has 0 saturated heterocycles. The van der Waals surface area contributed by atoms with E-state index in [0.29, 0.717) is 24.4 Å². The van der Waals surface area contributed by atoms with Gasteiger partial charge in [0.15, 0.2) is 0 Å². The van der Waals surface area contributed by atoms with Crippen molar-refractivity contribution >= 4 is 0 Å². The Labute approximate surface area is 128 Å². The lowest BCUT2D eigenvalue weighted by atomic mass is 10.0. The topological polar surface area (TPSA) is 12.9 Å². The highest BCUT2D eigenvalue weighted by Crippen LogP contribution is 2.38. The minimum atomic E-state index is -5.11. The van der Waals surface area contributed by atoms with E-state index in [1.54, 1.807) is 6.07 Å². The number of rotatable bonds is 1. The summed E-state index contributed by atoms with van der Waals surface area (Å²) in [4.78, 5) is 3.28. The molecule has 24 heavy (non-hydrogen) atoms. The second-order valence-electron chi connectivity index (χ2n) is 4.62. The number of halogens is 9. The van der Waals surface area contributed by atoms with Crippen molar-refractivity contribution in [2.75, 3.05) is 0 Å². The van der Waals surface area contributed by atoms with E-state index in [1.807, 2.05) is 0 Å².